The lowest BCUT2D eigenvalue weighted by atomic mass is 10.0. The number of nitrogens with zero attached hydrogens (tertiary/aromatic N) is 2. The summed E-state index contributed by atoms with van der Waals surface area (Å²) in [5.74, 6) is 0.829. The summed E-state index contributed by atoms with van der Waals surface area (Å²) < 4.78 is 4.70. The molecular weight excluding hydrogens is 230 g/mol. The number of ether oxygens (including phenoxy) is 1. The number of hydrogen-bond acceptors (Lipinski definition) is 5. The third-order valence-electron chi connectivity index (χ3n) is 3.25. The summed E-state index contributed by atoms with van der Waals surface area (Å²) in [5.41, 5.74) is 0.957. The minimum absolute atomic E-state index is 0.151. The Bertz CT molecular complexity index is 428. The molecule has 1 heterocycles. The zero-order chi connectivity index (χ0) is 13.0. The van der Waals surface area contributed by atoms with E-state index in [1.54, 1.807) is 0 Å². The van der Waals surface area contributed by atoms with Crippen LogP contribution in [-0.4, -0.2) is 29.6 Å². The van der Waals surface area contributed by atoms with E-state index in [9.17, 15) is 4.79 Å². The number of carbonyl (C=O) groups excluding carboxylic acids is 1. The lowest BCUT2D eigenvalue weighted by Gasteiger charge is -2.12. The number of hydrogen-bond donors (Lipinski definition) is 1. The summed E-state index contributed by atoms with van der Waals surface area (Å²) in [5, 5.41) is 3.13. The van der Waals surface area contributed by atoms with Gasteiger partial charge in [-0.1, -0.05) is 12.8 Å². The van der Waals surface area contributed by atoms with Crippen molar-refractivity contribution >= 4 is 11.8 Å². The van der Waals surface area contributed by atoms with Crippen molar-refractivity contribution in [3.05, 3.63) is 17.6 Å². The molecule has 2 rings (SSSR count). The maximum Gasteiger partial charge on any atom is 0.376 e. The highest BCUT2D eigenvalue weighted by atomic mass is 16.5. The van der Waals surface area contributed by atoms with Crippen molar-refractivity contribution in [3.8, 4) is 0 Å². The van der Waals surface area contributed by atoms with Gasteiger partial charge in [-0.25, -0.2) is 14.8 Å². The predicted molar refractivity (Wildman–Crippen MR) is 68.7 cm³/mol. The summed E-state index contributed by atoms with van der Waals surface area (Å²) in [6.45, 7) is 2.76. The van der Waals surface area contributed by atoms with Crippen LogP contribution in [0.2, 0.25) is 0 Å². The molecule has 0 spiro atoms. The first-order chi connectivity index (χ1) is 8.74. The van der Waals surface area contributed by atoms with Crippen molar-refractivity contribution in [2.45, 2.75) is 38.5 Å². The van der Waals surface area contributed by atoms with Gasteiger partial charge in [0.1, 0.15) is 5.82 Å². The van der Waals surface area contributed by atoms with Gasteiger partial charge < -0.3 is 10.1 Å². The standard InChI is InChI=1S/C13H19N3O2/c1-3-14-11-8-10(9-6-4-5-7-9)15-12(16-11)13(17)18-2/h8-9H,3-7H2,1-2H3,(H,14,15,16). The van der Waals surface area contributed by atoms with E-state index in [1.807, 2.05) is 13.0 Å². The second-order valence-electron chi connectivity index (χ2n) is 4.50. The number of anilines is 1. The molecule has 1 aliphatic carbocycles. The Labute approximate surface area is 107 Å². The summed E-state index contributed by atoms with van der Waals surface area (Å²) in [7, 11) is 1.35. The first-order valence-corrected chi connectivity index (χ1v) is 6.45. The average molecular weight is 249 g/mol. The summed E-state index contributed by atoms with van der Waals surface area (Å²) in [4.78, 5) is 20.1. The van der Waals surface area contributed by atoms with Crippen LogP contribution in [0.1, 0.15) is 54.8 Å². The fraction of sp³-hybridized carbons (Fsp3) is 0.615. The topological polar surface area (TPSA) is 64.1 Å². The Morgan fingerprint density at radius 1 is 1.44 bits per heavy atom. The number of carbonyl (C=O) groups is 1. The smallest absolute Gasteiger partial charge is 0.376 e. The Morgan fingerprint density at radius 2 is 2.17 bits per heavy atom. The molecule has 98 valence electrons. The van der Waals surface area contributed by atoms with Crippen molar-refractivity contribution in [2.24, 2.45) is 0 Å². The zero-order valence-electron chi connectivity index (χ0n) is 10.9. The number of rotatable bonds is 4. The van der Waals surface area contributed by atoms with E-state index in [1.165, 1.54) is 20.0 Å². The van der Waals surface area contributed by atoms with E-state index in [4.69, 9.17) is 4.74 Å². The second-order valence-corrected chi connectivity index (χ2v) is 4.50. The molecule has 1 N–H and O–H groups in total. The molecule has 0 amide bonds. The van der Waals surface area contributed by atoms with Gasteiger partial charge in [0.25, 0.3) is 0 Å². The SMILES string of the molecule is CCNc1cc(C2CCCC2)nc(C(=O)OC)n1. The van der Waals surface area contributed by atoms with Crippen LogP contribution in [0.3, 0.4) is 0 Å². The lowest BCUT2D eigenvalue weighted by molar-refractivity contribution is 0.0586. The van der Waals surface area contributed by atoms with Gasteiger partial charge in [0.15, 0.2) is 0 Å². The van der Waals surface area contributed by atoms with Crippen molar-refractivity contribution in [1.82, 2.24) is 9.97 Å². The molecule has 1 aromatic heterocycles. The number of esters is 1. The molecule has 1 fully saturated rings. The van der Waals surface area contributed by atoms with Crippen molar-refractivity contribution in [2.75, 3.05) is 19.0 Å². The highest BCUT2D eigenvalue weighted by Crippen LogP contribution is 2.33. The summed E-state index contributed by atoms with van der Waals surface area (Å²) in [6.07, 6.45) is 4.75. The highest BCUT2D eigenvalue weighted by Gasteiger charge is 2.21. The van der Waals surface area contributed by atoms with E-state index in [0.29, 0.717) is 11.7 Å². The molecule has 5 heteroatoms. The molecule has 0 radical (unpaired) electrons. The van der Waals surface area contributed by atoms with Gasteiger partial charge >= 0.3 is 5.97 Å². The second kappa shape index (κ2) is 5.80. The molecule has 18 heavy (non-hydrogen) atoms. The van der Waals surface area contributed by atoms with Gasteiger partial charge in [-0.05, 0) is 19.8 Å². The Hall–Kier alpha value is -1.65. The fourth-order valence-electron chi connectivity index (χ4n) is 2.35. The van der Waals surface area contributed by atoms with Gasteiger partial charge in [0.2, 0.25) is 5.82 Å². The van der Waals surface area contributed by atoms with E-state index in [-0.39, 0.29) is 5.82 Å². The van der Waals surface area contributed by atoms with Crippen LogP contribution in [0.4, 0.5) is 5.82 Å². The Kier molecular flexibility index (Phi) is 4.12. The molecule has 1 aliphatic rings. The normalized spacial score (nSPS) is 15.7. The first kappa shape index (κ1) is 12.8. The molecular formula is C13H19N3O2. The predicted octanol–water partition coefficient (Wildman–Crippen LogP) is 2.35. The van der Waals surface area contributed by atoms with Gasteiger partial charge in [0.05, 0.1) is 7.11 Å². The minimum atomic E-state index is -0.478. The Balaban J connectivity index is 2.32. The molecule has 0 unspecified atom stereocenters. The third kappa shape index (κ3) is 2.78. The van der Waals surface area contributed by atoms with E-state index < -0.39 is 5.97 Å². The average Bonchev–Trinajstić information content (AvgIpc) is 2.91. The van der Waals surface area contributed by atoms with Crippen LogP contribution in [0.5, 0.6) is 0 Å². The largest absolute Gasteiger partial charge is 0.463 e. The van der Waals surface area contributed by atoms with Crippen LogP contribution in [0, 0.1) is 0 Å². The maximum atomic E-state index is 11.6. The first-order valence-electron chi connectivity index (χ1n) is 6.45. The summed E-state index contributed by atoms with van der Waals surface area (Å²) >= 11 is 0. The van der Waals surface area contributed by atoms with Crippen LogP contribution >= 0.6 is 0 Å². The van der Waals surface area contributed by atoms with E-state index in [2.05, 4.69) is 15.3 Å². The van der Waals surface area contributed by atoms with Crippen LogP contribution in [0.25, 0.3) is 0 Å². The van der Waals surface area contributed by atoms with Gasteiger partial charge in [-0.3, -0.25) is 0 Å². The van der Waals surface area contributed by atoms with Gasteiger partial charge in [0, 0.05) is 24.2 Å². The van der Waals surface area contributed by atoms with Crippen molar-refractivity contribution in [1.29, 1.82) is 0 Å². The van der Waals surface area contributed by atoms with Gasteiger partial charge in [-0.2, -0.15) is 0 Å². The number of aromatic nitrogens is 2. The number of methoxy groups -OCH3 is 1. The monoisotopic (exact) mass is 249 g/mol. The fourth-order valence-corrected chi connectivity index (χ4v) is 2.35. The lowest BCUT2D eigenvalue weighted by Crippen LogP contribution is -2.13. The molecule has 0 atom stereocenters. The Morgan fingerprint density at radius 3 is 2.78 bits per heavy atom. The van der Waals surface area contributed by atoms with Crippen molar-refractivity contribution in [3.63, 3.8) is 0 Å². The highest BCUT2D eigenvalue weighted by molar-refractivity contribution is 5.85. The molecule has 0 aliphatic heterocycles. The molecule has 5 nitrogen and oxygen atoms in total. The third-order valence-corrected chi connectivity index (χ3v) is 3.25. The van der Waals surface area contributed by atoms with Crippen LogP contribution < -0.4 is 5.32 Å². The van der Waals surface area contributed by atoms with Gasteiger partial charge in [-0.15, -0.1) is 0 Å². The molecule has 0 aromatic carbocycles. The molecule has 0 saturated heterocycles. The van der Waals surface area contributed by atoms with Crippen LogP contribution in [0.15, 0.2) is 6.07 Å². The minimum Gasteiger partial charge on any atom is -0.463 e. The summed E-state index contributed by atoms with van der Waals surface area (Å²) in [6, 6.07) is 1.95. The van der Waals surface area contributed by atoms with Crippen molar-refractivity contribution < 1.29 is 9.53 Å². The molecule has 1 aromatic rings. The maximum absolute atomic E-state index is 11.6. The zero-order valence-corrected chi connectivity index (χ0v) is 10.9. The van der Waals surface area contributed by atoms with Crippen LogP contribution in [-0.2, 0) is 4.74 Å². The quantitative estimate of drug-likeness (QED) is 0.830. The van der Waals surface area contributed by atoms with E-state index in [0.717, 1.165) is 25.1 Å². The molecule has 1 saturated carbocycles. The van der Waals surface area contributed by atoms with E-state index >= 15 is 0 Å². The number of nitrogens with one attached hydrogen (secondary N) is 1. The molecule has 0 bridgehead atoms.